The van der Waals surface area contributed by atoms with Crippen molar-refractivity contribution >= 4 is 18.0 Å². The van der Waals surface area contributed by atoms with Gasteiger partial charge in [0.1, 0.15) is 12.4 Å². The van der Waals surface area contributed by atoms with E-state index in [0.717, 1.165) is 5.56 Å². The quantitative estimate of drug-likeness (QED) is 0.586. The van der Waals surface area contributed by atoms with Crippen LogP contribution < -0.4 is 4.74 Å². The topological polar surface area (TPSA) is 72.8 Å². The first kappa shape index (κ1) is 18.3. The van der Waals surface area contributed by atoms with Gasteiger partial charge in [-0.25, -0.2) is 4.79 Å². The van der Waals surface area contributed by atoms with Crippen molar-refractivity contribution in [1.82, 2.24) is 0 Å². The molecule has 2 rings (SSSR count). The maximum atomic E-state index is 11.9. The molecule has 0 saturated carbocycles. The second kappa shape index (κ2) is 9.27. The summed E-state index contributed by atoms with van der Waals surface area (Å²) in [6.45, 7) is 2.29. The average Bonchev–Trinajstić information content (AvgIpc) is 2.60. The van der Waals surface area contributed by atoms with Crippen LogP contribution in [-0.4, -0.2) is 23.7 Å². The number of aliphatic carboxylic acids is 1. The van der Waals surface area contributed by atoms with E-state index in [2.05, 4.69) is 0 Å². The normalized spacial score (nSPS) is 11.0. The van der Waals surface area contributed by atoms with Crippen LogP contribution >= 0.6 is 0 Å². The second-order valence-electron chi connectivity index (χ2n) is 5.31. The molecule has 0 aromatic heterocycles. The molecule has 0 radical (unpaired) electrons. The largest absolute Gasteiger partial charge is 0.489 e. The Morgan fingerprint density at radius 2 is 1.84 bits per heavy atom. The molecule has 0 bridgehead atoms. The first-order valence-electron chi connectivity index (χ1n) is 7.94. The summed E-state index contributed by atoms with van der Waals surface area (Å²) in [5.74, 6) is -1.08. The molecule has 5 heteroatoms. The summed E-state index contributed by atoms with van der Waals surface area (Å²) in [6.07, 6.45) is 1.12. The molecule has 0 heterocycles. The Labute approximate surface area is 146 Å². The Hall–Kier alpha value is -3.08. The molecular formula is C20H20O5. The van der Waals surface area contributed by atoms with E-state index in [1.165, 1.54) is 6.08 Å². The van der Waals surface area contributed by atoms with E-state index in [4.69, 9.17) is 14.6 Å². The number of hydrogen-bond donors (Lipinski definition) is 1. The minimum absolute atomic E-state index is 0.0922. The molecule has 5 nitrogen and oxygen atoms in total. The monoisotopic (exact) mass is 340 g/mol. The van der Waals surface area contributed by atoms with Crippen LogP contribution in [0.4, 0.5) is 0 Å². The van der Waals surface area contributed by atoms with E-state index >= 15 is 0 Å². The molecule has 0 unspecified atom stereocenters. The summed E-state index contributed by atoms with van der Waals surface area (Å²) in [6, 6.07) is 16.9. The van der Waals surface area contributed by atoms with Crippen LogP contribution in [0.3, 0.4) is 0 Å². The van der Waals surface area contributed by atoms with Gasteiger partial charge in [-0.1, -0.05) is 42.5 Å². The molecule has 130 valence electrons. The zero-order chi connectivity index (χ0) is 18.1. The molecule has 0 aliphatic carbocycles. The minimum Gasteiger partial charge on any atom is -0.489 e. The molecule has 0 saturated heterocycles. The van der Waals surface area contributed by atoms with Crippen molar-refractivity contribution in [2.24, 2.45) is 0 Å². The van der Waals surface area contributed by atoms with Crippen molar-refractivity contribution in [3.05, 3.63) is 71.3 Å². The summed E-state index contributed by atoms with van der Waals surface area (Å²) in [4.78, 5) is 22.9. The van der Waals surface area contributed by atoms with Crippen molar-refractivity contribution in [3.63, 3.8) is 0 Å². The van der Waals surface area contributed by atoms with Gasteiger partial charge in [-0.05, 0) is 36.3 Å². The van der Waals surface area contributed by atoms with Gasteiger partial charge >= 0.3 is 11.9 Å². The molecule has 0 spiro atoms. The number of carboxylic acid groups (broad SMARTS) is 1. The highest BCUT2D eigenvalue weighted by atomic mass is 16.5. The molecule has 2 aromatic rings. The lowest BCUT2D eigenvalue weighted by atomic mass is 10.1. The van der Waals surface area contributed by atoms with Gasteiger partial charge in [-0.15, -0.1) is 0 Å². The average molecular weight is 340 g/mol. The van der Waals surface area contributed by atoms with Crippen molar-refractivity contribution in [3.8, 4) is 5.75 Å². The van der Waals surface area contributed by atoms with Gasteiger partial charge in [0.05, 0.1) is 13.0 Å². The van der Waals surface area contributed by atoms with E-state index in [0.29, 0.717) is 17.9 Å². The number of carbonyl (C=O) groups is 2. The van der Waals surface area contributed by atoms with Gasteiger partial charge in [0.2, 0.25) is 0 Å². The van der Waals surface area contributed by atoms with Crippen molar-refractivity contribution in [2.45, 2.75) is 20.0 Å². The molecule has 25 heavy (non-hydrogen) atoms. The van der Waals surface area contributed by atoms with Crippen molar-refractivity contribution < 1.29 is 24.2 Å². The maximum Gasteiger partial charge on any atom is 0.334 e. The first-order chi connectivity index (χ1) is 12.1. The van der Waals surface area contributed by atoms with Gasteiger partial charge in [0.15, 0.2) is 0 Å². The van der Waals surface area contributed by atoms with Crippen molar-refractivity contribution in [1.29, 1.82) is 0 Å². The fourth-order valence-electron chi connectivity index (χ4n) is 2.21. The number of benzene rings is 2. The van der Waals surface area contributed by atoms with Crippen LogP contribution in [0, 0.1) is 0 Å². The summed E-state index contributed by atoms with van der Waals surface area (Å²) in [5.41, 5.74) is 1.81. The number of carboxylic acids is 1. The van der Waals surface area contributed by atoms with E-state index < -0.39 is 18.4 Å². The van der Waals surface area contributed by atoms with E-state index in [9.17, 15) is 9.59 Å². The van der Waals surface area contributed by atoms with Gasteiger partial charge < -0.3 is 14.6 Å². The molecular weight excluding hydrogens is 320 g/mol. The molecule has 2 aromatic carbocycles. The SMILES string of the molecule is CCOC(=O)C(=Cc1cccc(OCc2ccccc2)c1)CC(=O)O. The molecule has 0 aliphatic rings. The van der Waals surface area contributed by atoms with Crippen LogP contribution in [-0.2, 0) is 20.9 Å². The molecule has 0 aliphatic heterocycles. The molecule has 0 atom stereocenters. The molecule has 1 N–H and O–H groups in total. The zero-order valence-electron chi connectivity index (χ0n) is 14.0. The number of ether oxygens (including phenoxy) is 2. The lowest BCUT2D eigenvalue weighted by Crippen LogP contribution is -2.11. The van der Waals surface area contributed by atoms with Gasteiger partial charge in [0.25, 0.3) is 0 Å². The van der Waals surface area contributed by atoms with E-state index in [1.807, 2.05) is 36.4 Å². The third kappa shape index (κ3) is 6.14. The van der Waals surface area contributed by atoms with Crippen LogP contribution in [0.5, 0.6) is 5.75 Å². The first-order valence-corrected chi connectivity index (χ1v) is 7.94. The molecule has 0 fully saturated rings. The van der Waals surface area contributed by atoms with Gasteiger partial charge in [-0.3, -0.25) is 4.79 Å². The summed E-state index contributed by atoms with van der Waals surface area (Å²) in [7, 11) is 0. The Morgan fingerprint density at radius 1 is 1.08 bits per heavy atom. The predicted octanol–water partition coefficient (Wildman–Crippen LogP) is 3.69. The predicted molar refractivity (Wildman–Crippen MR) is 94.1 cm³/mol. The fraction of sp³-hybridized carbons (Fsp3) is 0.200. The highest BCUT2D eigenvalue weighted by Crippen LogP contribution is 2.19. The summed E-state index contributed by atoms with van der Waals surface area (Å²) < 4.78 is 10.7. The third-order valence-corrected chi connectivity index (χ3v) is 3.33. The lowest BCUT2D eigenvalue weighted by Gasteiger charge is -2.08. The Kier molecular flexibility index (Phi) is 6.77. The van der Waals surface area contributed by atoms with Gasteiger partial charge in [0, 0.05) is 5.57 Å². The fourth-order valence-corrected chi connectivity index (χ4v) is 2.21. The maximum absolute atomic E-state index is 11.9. The summed E-state index contributed by atoms with van der Waals surface area (Å²) in [5, 5.41) is 8.97. The Balaban J connectivity index is 2.14. The van der Waals surface area contributed by atoms with E-state index in [-0.39, 0.29) is 12.2 Å². The highest BCUT2D eigenvalue weighted by molar-refractivity contribution is 5.98. The van der Waals surface area contributed by atoms with E-state index in [1.54, 1.807) is 25.1 Å². The van der Waals surface area contributed by atoms with Gasteiger partial charge in [-0.2, -0.15) is 0 Å². The number of carbonyl (C=O) groups excluding carboxylic acids is 1. The highest BCUT2D eigenvalue weighted by Gasteiger charge is 2.14. The van der Waals surface area contributed by atoms with Crippen LogP contribution in [0.15, 0.2) is 60.2 Å². The number of rotatable bonds is 8. The Morgan fingerprint density at radius 3 is 2.52 bits per heavy atom. The minimum atomic E-state index is -1.09. The number of esters is 1. The second-order valence-corrected chi connectivity index (χ2v) is 5.31. The zero-order valence-corrected chi connectivity index (χ0v) is 14.0. The van der Waals surface area contributed by atoms with Crippen LogP contribution in [0.2, 0.25) is 0 Å². The third-order valence-electron chi connectivity index (χ3n) is 3.33. The Bertz CT molecular complexity index is 750. The summed E-state index contributed by atoms with van der Waals surface area (Å²) >= 11 is 0. The van der Waals surface area contributed by atoms with Crippen LogP contribution in [0.1, 0.15) is 24.5 Å². The smallest absolute Gasteiger partial charge is 0.334 e. The lowest BCUT2D eigenvalue weighted by molar-refractivity contribution is -0.142. The van der Waals surface area contributed by atoms with Crippen molar-refractivity contribution in [2.75, 3.05) is 6.61 Å². The number of hydrogen-bond acceptors (Lipinski definition) is 4. The van der Waals surface area contributed by atoms with Crippen LogP contribution in [0.25, 0.3) is 6.08 Å². The standard InChI is InChI=1S/C20H20O5/c1-2-24-20(23)17(13-19(21)22)11-16-9-6-10-18(12-16)25-14-15-7-4-3-5-8-15/h3-12H,2,13-14H2,1H3,(H,21,22). The molecule has 0 amide bonds.